The lowest BCUT2D eigenvalue weighted by molar-refractivity contribution is 0.318. The van der Waals surface area contributed by atoms with Gasteiger partial charge in [-0.15, -0.1) is 11.3 Å². The molecule has 1 heterocycles. The molecule has 0 saturated heterocycles. The molecule has 2 aromatic carbocycles. The number of thiazole rings is 1. The van der Waals surface area contributed by atoms with E-state index in [-0.39, 0.29) is 11.6 Å². The monoisotopic (exact) mass is 353 g/mol. The van der Waals surface area contributed by atoms with Crippen molar-refractivity contribution >= 4 is 17.2 Å². The second-order valence-corrected chi connectivity index (χ2v) is 6.58. The number of nitrogens with two attached hydrogens (primary N) is 1. The number of aromatic hydroxyl groups is 1. The van der Waals surface area contributed by atoms with Gasteiger partial charge in [0.1, 0.15) is 10.8 Å². The number of amidine groups is 1. The maximum Gasteiger partial charge on any atom is 0.170 e. The molecule has 6 heteroatoms. The van der Waals surface area contributed by atoms with Gasteiger partial charge in [-0.2, -0.15) is 0 Å². The number of phenolic OH excluding ortho intramolecular Hbond substituents is 1. The number of aromatic nitrogens is 1. The molecule has 0 radical (unpaired) electrons. The molecular formula is C19H19N3O2S. The molecule has 3 rings (SSSR count). The van der Waals surface area contributed by atoms with Crippen molar-refractivity contribution in [2.45, 2.75) is 19.8 Å². The molecule has 0 amide bonds. The molecular weight excluding hydrogens is 334 g/mol. The molecule has 0 unspecified atom stereocenters. The van der Waals surface area contributed by atoms with Crippen molar-refractivity contribution < 1.29 is 10.3 Å². The number of nitrogens with zero attached hydrogens (tertiary/aromatic N) is 2. The molecule has 0 bridgehead atoms. The van der Waals surface area contributed by atoms with Crippen LogP contribution in [0, 0.1) is 0 Å². The van der Waals surface area contributed by atoms with E-state index in [9.17, 15) is 10.3 Å². The van der Waals surface area contributed by atoms with Crippen molar-refractivity contribution in [2.75, 3.05) is 0 Å². The third kappa shape index (κ3) is 3.49. The third-order valence-electron chi connectivity index (χ3n) is 3.94. The van der Waals surface area contributed by atoms with Crippen LogP contribution in [-0.2, 0) is 6.42 Å². The molecule has 1 aromatic heterocycles. The molecule has 4 N–H and O–H groups in total. The second kappa shape index (κ2) is 7.36. The Bertz CT molecular complexity index is 888. The molecule has 128 valence electrons. The van der Waals surface area contributed by atoms with Crippen LogP contribution in [0.25, 0.3) is 21.7 Å². The van der Waals surface area contributed by atoms with Crippen molar-refractivity contribution in [3.63, 3.8) is 0 Å². The fourth-order valence-corrected chi connectivity index (χ4v) is 3.55. The smallest absolute Gasteiger partial charge is 0.170 e. The summed E-state index contributed by atoms with van der Waals surface area (Å²) in [7, 11) is 0. The minimum absolute atomic E-state index is 0.0585. The van der Waals surface area contributed by atoms with Gasteiger partial charge in [-0.25, -0.2) is 4.98 Å². The molecule has 3 aromatic rings. The van der Waals surface area contributed by atoms with Gasteiger partial charge in [0.2, 0.25) is 0 Å². The van der Waals surface area contributed by atoms with E-state index in [0.717, 1.165) is 40.1 Å². The molecule has 0 atom stereocenters. The van der Waals surface area contributed by atoms with Crippen molar-refractivity contribution in [1.29, 1.82) is 0 Å². The van der Waals surface area contributed by atoms with E-state index in [4.69, 9.17) is 5.73 Å². The van der Waals surface area contributed by atoms with E-state index in [0.29, 0.717) is 5.56 Å². The lowest BCUT2D eigenvalue weighted by Crippen LogP contribution is -2.15. The Kier molecular flexibility index (Phi) is 5.00. The van der Waals surface area contributed by atoms with Crippen LogP contribution in [0.15, 0.2) is 53.1 Å². The highest BCUT2D eigenvalue weighted by molar-refractivity contribution is 7.13. The van der Waals surface area contributed by atoms with Gasteiger partial charge < -0.3 is 16.0 Å². The van der Waals surface area contributed by atoms with E-state index in [1.165, 1.54) is 11.3 Å². The van der Waals surface area contributed by atoms with Crippen LogP contribution in [0.2, 0.25) is 0 Å². The first-order valence-corrected chi connectivity index (χ1v) is 8.86. The summed E-state index contributed by atoms with van der Waals surface area (Å²) in [5.74, 6) is 0.268. The van der Waals surface area contributed by atoms with Crippen LogP contribution < -0.4 is 5.73 Å². The Balaban J connectivity index is 2.33. The quantitative estimate of drug-likeness (QED) is 0.277. The molecule has 0 aliphatic carbocycles. The molecule has 0 spiro atoms. The Morgan fingerprint density at radius 3 is 2.60 bits per heavy atom. The number of benzene rings is 2. The SMILES string of the molecule is CCCc1cc(C(N)=NO)c(-c2nccs2)c(-c2ccc(O)cc2)c1. The van der Waals surface area contributed by atoms with Crippen LogP contribution >= 0.6 is 11.3 Å². The molecule has 0 saturated carbocycles. The molecule has 0 aliphatic heterocycles. The first-order valence-electron chi connectivity index (χ1n) is 7.98. The average Bonchev–Trinajstić information content (AvgIpc) is 3.15. The van der Waals surface area contributed by atoms with Gasteiger partial charge >= 0.3 is 0 Å². The van der Waals surface area contributed by atoms with E-state index in [1.807, 2.05) is 23.6 Å². The summed E-state index contributed by atoms with van der Waals surface area (Å²) in [4.78, 5) is 4.42. The summed E-state index contributed by atoms with van der Waals surface area (Å²) in [6.45, 7) is 2.11. The van der Waals surface area contributed by atoms with Gasteiger partial charge in [0.15, 0.2) is 5.84 Å². The van der Waals surface area contributed by atoms with Crippen LogP contribution in [0.1, 0.15) is 24.5 Å². The fraction of sp³-hybridized carbons (Fsp3) is 0.158. The number of rotatable bonds is 5. The van der Waals surface area contributed by atoms with Gasteiger partial charge in [0, 0.05) is 22.7 Å². The van der Waals surface area contributed by atoms with Gasteiger partial charge in [0.05, 0.1) is 0 Å². The van der Waals surface area contributed by atoms with Gasteiger partial charge in [-0.05, 0) is 41.3 Å². The number of oxime groups is 1. The second-order valence-electron chi connectivity index (χ2n) is 5.69. The predicted octanol–water partition coefficient (Wildman–Crippen LogP) is 4.23. The van der Waals surface area contributed by atoms with Crippen molar-refractivity contribution in [3.05, 3.63) is 59.1 Å². The highest BCUT2D eigenvalue weighted by atomic mass is 32.1. The summed E-state index contributed by atoms with van der Waals surface area (Å²) < 4.78 is 0. The molecule has 25 heavy (non-hydrogen) atoms. The molecule has 0 fully saturated rings. The zero-order chi connectivity index (χ0) is 17.8. The fourth-order valence-electron chi connectivity index (χ4n) is 2.84. The minimum atomic E-state index is 0.0585. The zero-order valence-corrected chi connectivity index (χ0v) is 14.6. The van der Waals surface area contributed by atoms with E-state index in [1.54, 1.807) is 18.3 Å². The number of hydrogen-bond donors (Lipinski definition) is 3. The summed E-state index contributed by atoms with van der Waals surface area (Å²) in [6, 6.07) is 11.1. The maximum absolute atomic E-state index is 9.59. The average molecular weight is 353 g/mol. The van der Waals surface area contributed by atoms with Gasteiger partial charge in [-0.1, -0.05) is 36.7 Å². The van der Waals surface area contributed by atoms with Crippen LogP contribution in [0.3, 0.4) is 0 Å². The summed E-state index contributed by atoms with van der Waals surface area (Å²) in [5, 5.41) is 24.7. The van der Waals surface area contributed by atoms with E-state index < -0.39 is 0 Å². The summed E-state index contributed by atoms with van der Waals surface area (Å²) >= 11 is 1.50. The van der Waals surface area contributed by atoms with Crippen LogP contribution in [0.5, 0.6) is 5.75 Å². The topological polar surface area (TPSA) is 91.7 Å². The minimum Gasteiger partial charge on any atom is -0.508 e. The Morgan fingerprint density at radius 1 is 1.24 bits per heavy atom. The Morgan fingerprint density at radius 2 is 2.00 bits per heavy atom. The number of aryl methyl sites for hydroxylation is 1. The number of phenols is 1. The highest BCUT2D eigenvalue weighted by Crippen LogP contribution is 2.38. The molecule has 5 nitrogen and oxygen atoms in total. The largest absolute Gasteiger partial charge is 0.508 e. The summed E-state index contributed by atoms with van der Waals surface area (Å²) in [5.41, 5.74) is 10.5. The van der Waals surface area contributed by atoms with Crippen molar-refractivity contribution in [3.8, 4) is 27.4 Å². The first kappa shape index (κ1) is 17.0. The number of hydrogen-bond acceptors (Lipinski definition) is 5. The van der Waals surface area contributed by atoms with Gasteiger partial charge in [-0.3, -0.25) is 0 Å². The predicted molar refractivity (Wildman–Crippen MR) is 101 cm³/mol. The van der Waals surface area contributed by atoms with E-state index >= 15 is 0 Å². The zero-order valence-electron chi connectivity index (χ0n) is 13.8. The molecule has 0 aliphatic rings. The lowest BCUT2D eigenvalue weighted by Gasteiger charge is -2.15. The Labute approximate surface area is 150 Å². The van der Waals surface area contributed by atoms with E-state index in [2.05, 4.69) is 23.1 Å². The normalized spacial score (nSPS) is 11.6. The van der Waals surface area contributed by atoms with Crippen molar-refractivity contribution in [2.24, 2.45) is 10.9 Å². The Hall–Kier alpha value is -2.86. The lowest BCUT2D eigenvalue weighted by atomic mass is 9.91. The van der Waals surface area contributed by atoms with Crippen LogP contribution in [-0.4, -0.2) is 21.1 Å². The first-order chi connectivity index (χ1) is 12.1. The third-order valence-corrected chi connectivity index (χ3v) is 4.74. The maximum atomic E-state index is 9.59. The van der Waals surface area contributed by atoms with Crippen LogP contribution in [0.4, 0.5) is 0 Å². The highest BCUT2D eigenvalue weighted by Gasteiger charge is 2.19. The van der Waals surface area contributed by atoms with Crippen molar-refractivity contribution in [1.82, 2.24) is 4.98 Å². The van der Waals surface area contributed by atoms with Gasteiger partial charge in [0.25, 0.3) is 0 Å². The standard InChI is InChI=1S/C19H19N3O2S/c1-2-3-12-10-15(13-4-6-14(23)7-5-13)17(19-21-8-9-25-19)16(11-12)18(20)22-24/h4-11,23-24H,2-3H2,1H3,(H2,20,22). The summed E-state index contributed by atoms with van der Waals surface area (Å²) in [6.07, 6.45) is 3.60.